The van der Waals surface area contributed by atoms with E-state index in [1.807, 2.05) is 32.0 Å². The molecule has 0 unspecified atom stereocenters. The molecule has 0 N–H and O–H groups in total. The number of benzene rings is 3. The maximum absolute atomic E-state index is 13.3. The Labute approximate surface area is 221 Å². The molecular formula is C31H30N2O5. The number of aryl methyl sites for hydroxylation is 2. The molecule has 194 valence electrons. The van der Waals surface area contributed by atoms with Gasteiger partial charge in [-0.25, -0.2) is 9.78 Å². The SMILES string of the molecule is Cc1ccc2nc(-c3cc(C(C)(C)C)cc(C)c3C)cc(C(=O)OCC(=O)c3cccc([N+](=O)[O-])c3)c2c1. The number of fused-ring (bicyclic) bond motifs is 1. The maximum atomic E-state index is 13.3. The summed E-state index contributed by atoms with van der Waals surface area (Å²) in [5.41, 5.74) is 6.66. The normalized spacial score (nSPS) is 11.4. The van der Waals surface area contributed by atoms with Gasteiger partial charge in [-0.05, 0) is 67.1 Å². The van der Waals surface area contributed by atoms with Crippen LogP contribution >= 0.6 is 0 Å². The summed E-state index contributed by atoms with van der Waals surface area (Å²) in [4.78, 5) is 41.4. The van der Waals surface area contributed by atoms with E-state index in [1.165, 1.54) is 24.3 Å². The van der Waals surface area contributed by atoms with Gasteiger partial charge in [0.05, 0.1) is 21.7 Å². The first kappa shape index (κ1) is 26.7. The highest BCUT2D eigenvalue weighted by Crippen LogP contribution is 2.34. The molecule has 0 aliphatic carbocycles. The molecule has 7 nitrogen and oxygen atoms in total. The fourth-order valence-electron chi connectivity index (χ4n) is 4.29. The van der Waals surface area contributed by atoms with Crippen LogP contribution < -0.4 is 0 Å². The van der Waals surface area contributed by atoms with Crippen molar-refractivity contribution in [1.82, 2.24) is 4.98 Å². The van der Waals surface area contributed by atoms with Crippen LogP contribution in [0.5, 0.6) is 0 Å². The van der Waals surface area contributed by atoms with Gasteiger partial charge in [-0.3, -0.25) is 14.9 Å². The number of nitro groups is 1. The second-order valence-corrected chi connectivity index (χ2v) is 10.6. The Hall–Kier alpha value is -4.39. The molecule has 4 rings (SSSR count). The molecule has 0 saturated heterocycles. The van der Waals surface area contributed by atoms with Crippen molar-refractivity contribution in [3.05, 3.63) is 104 Å². The zero-order valence-electron chi connectivity index (χ0n) is 22.4. The van der Waals surface area contributed by atoms with Crippen LogP contribution in [0.3, 0.4) is 0 Å². The molecule has 4 aromatic rings. The summed E-state index contributed by atoms with van der Waals surface area (Å²) in [7, 11) is 0. The molecule has 1 aromatic heterocycles. The summed E-state index contributed by atoms with van der Waals surface area (Å²) < 4.78 is 5.43. The lowest BCUT2D eigenvalue weighted by Crippen LogP contribution is -2.15. The molecule has 7 heteroatoms. The van der Waals surface area contributed by atoms with E-state index in [0.29, 0.717) is 22.2 Å². The third kappa shape index (κ3) is 5.47. The average molecular weight is 511 g/mol. The minimum atomic E-state index is -0.663. The number of Topliss-reactive ketones (excluding diaryl/α,β-unsaturated/α-hetero) is 1. The fraction of sp³-hybridized carbons (Fsp3) is 0.258. The molecule has 3 aromatic carbocycles. The quantitative estimate of drug-likeness (QED) is 0.119. The van der Waals surface area contributed by atoms with Crippen LogP contribution in [-0.4, -0.2) is 28.3 Å². The third-order valence-corrected chi connectivity index (χ3v) is 6.71. The molecule has 0 fully saturated rings. The van der Waals surface area contributed by atoms with Gasteiger partial charge in [-0.2, -0.15) is 0 Å². The van der Waals surface area contributed by atoms with E-state index in [2.05, 4.69) is 39.8 Å². The Kier molecular flexibility index (Phi) is 7.14. The molecule has 0 amide bonds. The minimum Gasteiger partial charge on any atom is -0.454 e. The van der Waals surface area contributed by atoms with Gasteiger partial charge in [0, 0.05) is 28.6 Å². The first-order valence-electron chi connectivity index (χ1n) is 12.3. The second-order valence-electron chi connectivity index (χ2n) is 10.6. The molecule has 0 aliphatic heterocycles. The van der Waals surface area contributed by atoms with E-state index in [9.17, 15) is 19.7 Å². The number of rotatable bonds is 6. The Balaban J connectivity index is 1.74. The lowest BCUT2D eigenvalue weighted by atomic mass is 9.83. The van der Waals surface area contributed by atoms with Crippen LogP contribution in [0.25, 0.3) is 22.2 Å². The smallest absolute Gasteiger partial charge is 0.339 e. The van der Waals surface area contributed by atoms with Crippen molar-refractivity contribution in [2.75, 3.05) is 6.61 Å². The van der Waals surface area contributed by atoms with Crippen molar-refractivity contribution in [2.24, 2.45) is 0 Å². The first-order chi connectivity index (χ1) is 17.8. The zero-order chi connectivity index (χ0) is 27.8. The lowest BCUT2D eigenvalue weighted by Gasteiger charge is -2.22. The minimum absolute atomic E-state index is 0.0736. The highest BCUT2D eigenvalue weighted by molar-refractivity contribution is 6.06. The number of non-ortho nitro benzene ring substituents is 1. The van der Waals surface area contributed by atoms with E-state index < -0.39 is 23.3 Å². The maximum Gasteiger partial charge on any atom is 0.339 e. The fourth-order valence-corrected chi connectivity index (χ4v) is 4.29. The van der Waals surface area contributed by atoms with E-state index >= 15 is 0 Å². The number of esters is 1. The van der Waals surface area contributed by atoms with Gasteiger partial charge in [-0.15, -0.1) is 0 Å². The summed E-state index contributed by atoms with van der Waals surface area (Å²) in [5.74, 6) is -1.19. The van der Waals surface area contributed by atoms with E-state index in [-0.39, 0.29) is 16.7 Å². The molecule has 38 heavy (non-hydrogen) atoms. The number of ether oxygens (including phenoxy) is 1. The topological polar surface area (TPSA) is 99.4 Å². The average Bonchev–Trinajstić information content (AvgIpc) is 2.87. The third-order valence-electron chi connectivity index (χ3n) is 6.71. The molecule has 0 aliphatic rings. The van der Waals surface area contributed by atoms with Gasteiger partial charge in [0.25, 0.3) is 5.69 Å². The monoisotopic (exact) mass is 510 g/mol. The van der Waals surface area contributed by atoms with Crippen LogP contribution in [-0.2, 0) is 10.2 Å². The van der Waals surface area contributed by atoms with Gasteiger partial charge in [-0.1, -0.05) is 50.6 Å². The van der Waals surface area contributed by atoms with Crippen molar-refractivity contribution in [1.29, 1.82) is 0 Å². The standard InChI is InChI=1S/C31H30N2O5/c1-18-10-11-27-25(12-18)26(30(35)38-17-29(34)21-8-7-9-23(14-21)33(36)37)16-28(32-27)24-15-22(31(4,5)6)13-19(2)20(24)3/h7-16H,17H2,1-6H3. The Morgan fingerprint density at radius 3 is 2.39 bits per heavy atom. The van der Waals surface area contributed by atoms with Crippen molar-refractivity contribution in [3.63, 3.8) is 0 Å². The Bertz CT molecular complexity index is 1600. The van der Waals surface area contributed by atoms with Crippen LogP contribution in [0.1, 0.15) is 63.7 Å². The number of hydrogen-bond acceptors (Lipinski definition) is 6. The number of carbonyl (C=O) groups is 2. The summed E-state index contributed by atoms with van der Waals surface area (Å²) >= 11 is 0. The number of carbonyl (C=O) groups excluding carboxylic acids is 2. The lowest BCUT2D eigenvalue weighted by molar-refractivity contribution is -0.384. The van der Waals surface area contributed by atoms with E-state index in [4.69, 9.17) is 9.72 Å². The van der Waals surface area contributed by atoms with Crippen molar-refractivity contribution in [3.8, 4) is 11.3 Å². The van der Waals surface area contributed by atoms with Crippen LogP contribution in [0, 0.1) is 30.9 Å². The number of nitrogens with zero attached hydrogens (tertiary/aromatic N) is 2. The van der Waals surface area contributed by atoms with Gasteiger partial charge in [0.1, 0.15) is 0 Å². The van der Waals surface area contributed by atoms with Crippen molar-refractivity contribution >= 4 is 28.3 Å². The molecule has 0 saturated carbocycles. The van der Waals surface area contributed by atoms with Crippen molar-refractivity contribution in [2.45, 2.75) is 47.0 Å². The highest BCUT2D eigenvalue weighted by Gasteiger charge is 2.21. The Morgan fingerprint density at radius 2 is 1.71 bits per heavy atom. The van der Waals surface area contributed by atoms with Gasteiger partial charge in [0.2, 0.25) is 5.78 Å². The van der Waals surface area contributed by atoms with E-state index in [1.54, 1.807) is 6.07 Å². The summed E-state index contributed by atoms with van der Waals surface area (Å²) in [6.07, 6.45) is 0. The van der Waals surface area contributed by atoms with Gasteiger partial charge < -0.3 is 4.74 Å². The predicted octanol–water partition coefficient (Wildman–Crippen LogP) is 7.07. The molecule has 0 atom stereocenters. The molecule has 0 radical (unpaired) electrons. The number of nitro benzene ring substituents is 1. The summed E-state index contributed by atoms with van der Waals surface area (Å²) in [6.45, 7) is 11.9. The predicted molar refractivity (Wildman–Crippen MR) is 148 cm³/mol. The van der Waals surface area contributed by atoms with Crippen LogP contribution in [0.15, 0.2) is 60.7 Å². The summed E-state index contributed by atoms with van der Waals surface area (Å²) in [5, 5.41) is 11.7. The van der Waals surface area contributed by atoms with E-state index in [0.717, 1.165) is 27.8 Å². The number of hydrogen-bond donors (Lipinski definition) is 0. The number of pyridine rings is 1. The van der Waals surface area contributed by atoms with Crippen molar-refractivity contribution < 1.29 is 19.2 Å². The highest BCUT2D eigenvalue weighted by atomic mass is 16.6. The second kappa shape index (κ2) is 10.2. The number of aromatic nitrogens is 1. The zero-order valence-corrected chi connectivity index (χ0v) is 22.4. The largest absolute Gasteiger partial charge is 0.454 e. The molecule has 0 bridgehead atoms. The van der Waals surface area contributed by atoms with Crippen LogP contribution in [0.2, 0.25) is 0 Å². The molecular weight excluding hydrogens is 480 g/mol. The Morgan fingerprint density at radius 1 is 0.974 bits per heavy atom. The van der Waals surface area contributed by atoms with Gasteiger partial charge >= 0.3 is 5.97 Å². The molecule has 1 heterocycles. The summed E-state index contributed by atoms with van der Waals surface area (Å²) in [6, 6.07) is 17.0. The first-order valence-corrected chi connectivity index (χ1v) is 12.3. The van der Waals surface area contributed by atoms with Gasteiger partial charge in [0.15, 0.2) is 6.61 Å². The van der Waals surface area contributed by atoms with Crippen LogP contribution in [0.4, 0.5) is 5.69 Å². The number of ketones is 1. The molecule has 0 spiro atoms.